The molecule has 122 valence electrons. The van der Waals surface area contributed by atoms with Gasteiger partial charge in [0.05, 0.1) is 12.5 Å². The zero-order chi connectivity index (χ0) is 16.9. The van der Waals surface area contributed by atoms with Crippen molar-refractivity contribution in [3.05, 3.63) is 90.0 Å². The number of carbonyl (C=O) groups is 1. The average molecular weight is 322 g/mol. The minimum absolute atomic E-state index is 0.0551. The van der Waals surface area contributed by atoms with Crippen LogP contribution in [0.2, 0.25) is 0 Å². The predicted molar refractivity (Wildman–Crippen MR) is 92.4 cm³/mol. The second-order valence-corrected chi connectivity index (χ2v) is 5.77. The molecule has 0 spiro atoms. The Labute approximate surface area is 140 Å². The lowest BCUT2D eigenvalue weighted by Crippen LogP contribution is -2.28. The van der Waals surface area contributed by atoms with Crippen molar-refractivity contribution in [3.8, 4) is 5.69 Å². The van der Waals surface area contributed by atoms with E-state index in [1.807, 2.05) is 60.3 Å². The molecule has 1 heterocycles. The number of benzene rings is 2. The molecule has 0 aliphatic carbocycles. The summed E-state index contributed by atoms with van der Waals surface area (Å²) in [4.78, 5) is 12.2. The number of hydrogen-bond donors (Lipinski definition) is 1. The normalized spacial score (nSPS) is 11.9. The quantitative estimate of drug-likeness (QED) is 0.756. The minimum atomic E-state index is -0.278. The van der Waals surface area contributed by atoms with Crippen molar-refractivity contribution in [2.75, 3.05) is 0 Å². The van der Waals surface area contributed by atoms with E-state index < -0.39 is 0 Å². The highest BCUT2D eigenvalue weighted by Crippen LogP contribution is 2.14. The Morgan fingerprint density at radius 3 is 2.29 bits per heavy atom. The largest absolute Gasteiger partial charge is 0.349 e. The van der Waals surface area contributed by atoms with Gasteiger partial charge >= 0.3 is 0 Å². The third kappa shape index (κ3) is 3.90. The number of hydrogen-bond acceptors (Lipinski definition) is 1. The van der Waals surface area contributed by atoms with Crippen LogP contribution in [0.25, 0.3) is 5.69 Å². The van der Waals surface area contributed by atoms with E-state index in [4.69, 9.17) is 0 Å². The number of nitrogens with zero attached hydrogens (tertiary/aromatic N) is 1. The summed E-state index contributed by atoms with van der Waals surface area (Å²) in [6.45, 7) is 1.89. The fourth-order valence-electron chi connectivity index (χ4n) is 2.61. The van der Waals surface area contributed by atoms with Crippen molar-refractivity contribution >= 4 is 5.91 Å². The van der Waals surface area contributed by atoms with Crippen LogP contribution < -0.4 is 5.32 Å². The molecule has 0 saturated heterocycles. The van der Waals surface area contributed by atoms with Crippen molar-refractivity contribution in [1.29, 1.82) is 0 Å². The molecular weight excluding hydrogens is 303 g/mol. The third-order valence-corrected chi connectivity index (χ3v) is 3.95. The first-order valence-electron chi connectivity index (χ1n) is 7.89. The summed E-state index contributed by atoms with van der Waals surface area (Å²) in [6, 6.07) is 17.9. The van der Waals surface area contributed by atoms with Crippen molar-refractivity contribution in [2.45, 2.75) is 19.4 Å². The first-order valence-corrected chi connectivity index (χ1v) is 7.89. The average Bonchev–Trinajstić information content (AvgIpc) is 3.10. The van der Waals surface area contributed by atoms with E-state index >= 15 is 0 Å². The molecule has 3 aromatic rings. The minimum Gasteiger partial charge on any atom is -0.349 e. The van der Waals surface area contributed by atoms with Crippen LogP contribution >= 0.6 is 0 Å². The molecule has 0 fully saturated rings. The molecular formula is C20H19FN2O. The zero-order valence-corrected chi connectivity index (χ0v) is 13.4. The lowest BCUT2D eigenvalue weighted by molar-refractivity contribution is -0.121. The monoisotopic (exact) mass is 322 g/mol. The molecule has 0 unspecified atom stereocenters. The second-order valence-electron chi connectivity index (χ2n) is 5.77. The van der Waals surface area contributed by atoms with Crippen LogP contribution in [0.3, 0.4) is 0 Å². The number of amides is 1. The van der Waals surface area contributed by atoms with Crippen LogP contribution in [-0.4, -0.2) is 10.5 Å². The lowest BCUT2D eigenvalue weighted by atomic mass is 10.1. The first kappa shape index (κ1) is 16.0. The fourth-order valence-corrected chi connectivity index (χ4v) is 2.61. The highest BCUT2D eigenvalue weighted by atomic mass is 19.1. The maximum Gasteiger partial charge on any atom is 0.224 e. The summed E-state index contributed by atoms with van der Waals surface area (Å²) >= 11 is 0. The lowest BCUT2D eigenvalue weighted by Gasteiger charge is -2.14. The molecule has 1 N–H and O–H groups in total. The predicted octanol–water partition coefficient (Wildman–Crippen LogP) is 4.04. The molecule has 0 radical (unpaired) electrons. The molecule has 2 aromatic carbocycles. The molecule has 0 aliphatic heterocycles. The van der Waals surface area contributed by atoms with Crippen LogP contribution in [0.1, 0.15) is 24.1 Å². The maximum absolute atomic E-state index is 12.9. The van der Waals surface area contributed by atoms with Crippen LogP contribution in [-0.2, 0) is 11.2 Å². The molecule has 0 aliphatic rings. The zero-order valence-electron chi connectivity index (χ0n) is 13.4. The Morgan fingerprint density at radius 2 is 1.67 bits per heavy atom. The van der Waals surface area contributed by atoms with Gasteiger partial charge in [-0.25, -0.2) is 4.39 Å². The highest BCUT2D eigenvalue weighted by molar-refractivity contribution is 5.79. The summed E-state index contributed by atoms with van der Waals surface area (Å²) in [5.74, 6) is -0.333. The van der Waals surface area contributed by atoms with E-state index in [9.17, 15) is 9.18 Å². The molecule has 24 heavy (non-hydrogen) atoms. The number of carbonyl (C=O) groups excluding carboxylic acids is 1. The molecule has 1 atom stereocenters. The highest BCUT2D eigenvalue weighted by Gasteiger charge is 2.10. The van der Waals surface area contributed by atoms with E-state index in [2.05, 4.69) is 5.32 Å². The van der Waals surface area contributed by atoms with E-state index in [0.717, 1.165) is 16.8 Å². The number of halogens is 1. The van der Waals surface area contributed by atoms with Gasteiger partial charge in [0.25, 0.3) is 0 Å². The van der Waals surface area contributed by atoms with Gasteiger partial charge in [-0.05, 0) is 54.4 Å². The summed E-state index contributed by atoms with van der Waals surface area (Å²) in [5, 5.41) is 2.94. The van der Waals surface area contributed by atoms with Gasteiger partial charge in [0, 0.05) is 18.1 Å². The molecule has 1 aromatic heterocycles. The van der Waals surface area contributed by atoms with E-state index in [1.54, 1.807) is 12.1 Å². The van der Waals surface area contributed by atoms with Crippen molar-refractivity contribution in [1.82, 2.24) is 9.88 Å². The van der Waals surface area contributed by atoms with Crippen molar-refractivity contribution < 1.29 is 9.18 Å². The Balaban J connectivity index is 1.59. The SMILES string of the molecule is C[C@H](NC(=O)Cc1ccc(-n2cccc2)cc1)c1ccc(F)cc1. The van der Waals surface area contributed by atoms with Crippen LogP contribution in [0.4, 0.5) is 4.39 Å². The van der Waals surface area contributed by atoms with Crippen molar-refractivity contribution in [2.24, 2.45) is 0 Å². The molecule has 0 saturated carbocycles. The standard InChI is InChI=1S/C20H19FN2O/c1-15(17-6-8-18(21)9-7-17)22-20(24)14-16-4-10-19(11-5-16)23-12-2-3-13-23/h2-13,15H,14H2,1H3,(H,22,24)/t15-/m0/s1. The molecule has 1 amide bonds. The Morgan fingerprint density at radius 1 is 1.04 bits per heavy atom. The summed E-state index contributed by atoms with van der Waals surface area (Å²) < 4.78 is 15.0. The van der Waals surface area contributed by atoms with E-state index in [0.29, 0.717) is 6.42 Å². The van der Waals surface area contributed by atoms with Gasteiger partial charge < -0.3 is 9.88 Å². The van der Waals surface area contributed by atoms with Gasteiger partial charge in [0.2, 0.25) is 5.91 Å². The number of rotatable bonds is 5. The van der Waals surface area contributed by atoms with Gasteiger partial charge in [-0.1, -0.05) is 24.3 Å². The van der Waals surface area contributed by atoms with Crippen LogP contribution in [0.5, 0.6) is 0 Å². The Hall–Kier alpha value is -2.88. The van der Waals surface area contributed by atoms with Gasteiger partial charge in [-0.3, -0.25) is 4.79 Å². The topological polar surface area (TPSA) is 34.0 Å². The Bertz CT molecular complexity index is 793. The van der Waals surface area contributed by atoms with Gasteiger partial charge in [0.1, 0.15) is 5.82 Å². The van der Waals surface area contributed by atoms with E-state index in [-0.39, 0.29) is 17.8 Å². The van der Waals surface area contributed by atoms with Crippen LogP contribution in [0, 0.1) is 5.82 Å². The van der Waals surface area contributed by atoms with Gasteiger partial charge in [-0.2, -0.15) is 0 Å². The molecule has 4 heteroatoms. The fraction of sp³-hybridized carbons (Fsp3) is 0.150. The van der Waals surface area contributed by atoms with Gasteiger partial charge in [-0.15, -0.1) is 0 Å². The first-order chi connectivity index (χ1) is 11.6. The smallest absolute Gasteiger partial charge is 0.224 e. The van der Waals surface area contributed by atoms with E-state index in [1.165, 1.54) is 12.1 Å². The molecule has 3 nitrogen and oxygen atoms in total. The maximum atomic E-state index is 12.9. The molecule has 0 bridgehead atoms. The number of aromatic nitrogens is 1. The van der Waals surface area contributed by atoms with Crippen LogP contribution in [0.15, 0.2) is 73.1 Å². The van der Waals surface area contributed by atoms with Crippen molar-refractivity contribution in [3.63, 3.8) is 0 Å². The Kier molecular flexibility index (Phi) is 4.75. The number of nitrogens with one attached hydrogen (secondary N) is 1. The van der Waals surface area contributed by atoms with Gasteiger partial charge in [0.15, 0.2) is 0 Å². The summed E-state index contributed by atoms with van der Waals surface area (Å²) in [5.41, 5.74) is 2.89. The molecule has 3 rings (SSSR count). The summed E-state index contributed by atoms with van der Waals surface area (Å²) in [6.07, 6.45) is 4.27. The summed E-state index contributed by atoms with van der Waals surface area (Å²) in [7, 11) is 0. The second kappa shape index (κ2) is 7.13. The third-order valence-electron chi connectivity index (χ3n) is 3.95.